The summed E-state index contributed by atoms with van der Waals surface area (Å²) in [7, 11) is 0. The van der Waals surface area contributed by atoms with E-state index in [0.717, 1.165) is 32.1 Å². The maximum Gasteiger partial charge on any atom is 0.309 e. The molecule has 0 radical (unpaired) electrons. The van der Waals surface area contributed by atoms with Crippen molar-refractivity contribution >= 4 is 52.1 Å². The minimum absolute atomic E-state index is 0.0843. The van der Waals surface area contributed by atoms with Crippen LogP contribution in [0, 0.1) is 17.2 Å². The van der Waals surface area contributed by atoms with Crippen molar-refractivity contribution in [2.24, 2.45) is 5.92 Å². The Morgan fingerprint density at radius 2 is 1.89 bits per heavy atom. The Balaban J connectivity index is 1.72. The summed E-state index contributed by atoms with van der Waals surface area (Å²) in [5.41, 5.74) is 0.998. The van der Waals surface area contributed by atoms with E-state index < -0.39 is 5.56 Å². The van der Waals surface area contributed by atoms with Crippen LogP contribution in [-0.2, 0) is 20.7 Å². The number of aromatic nitrogens is 1. The maximum atomic E-state index is 13.5. The van der Waals surface area contributed by atoms with E-state index in [2.05, 4.69) is 11.1 Å². The molecule has 3 aliphatic rings. The quantitative estimate of drug-likeness (QED) is 0.305. The lowest BCUT2D eigenvalue weighted by Gasteiger charge is -2.33. The van der Waals surface area contributed by atoms with Gasteiger partial charge in [0.2, 0.25) is 0 Å². The summed E-state index contributed by atoms with van der Waals surface area (Å²) >= 11 is 6.92. The molecule has 37 heavy (non-hydrogen) atoms. The molecular weight excluding hydrogens is 508 g/mol. The Morgan fingerprint density at radius 1 is 1.19 bits per heavy atom. The van der Waals surface area contributed by atoms with Crippen LogP contribution in [0.25, 0.3) is 6.08 Å². The Labute approximate surface area is 227 Å². The standard InChI is InChI=1S/C27H34N4O4S2/c1-3-8-19-20(15-22-25(33)31(27(36)37-22)18-9-6-5-7-10-18)23(29-24(32)21(19)16-28)30-13-11-17(12-14-30)26(34)35-4-2/h15,17-18H,3-14H2,1-2H3,(H,29,32). The van der Waals surface area contributed by atoms with E-state index in [-0.39, 0.29) is 29.4 Å². The summed E-state index contributed by atoms with van der Waals surface area (Å²) in [5, 5.41) is 9.81. The lowest BCUT2D eigenvalue weighted by molar-refractivity contribution is -0.148. The molecule has 198 valence electrons. The fraction of sp³-hybridized carbons (Fsp3) is 0.593. The molecular formula is C27H34N4O4S2. The molecule has 0 spiro atoms. The molecule has 1 saturated carbocycles. The van der Waals surface area contributed by atoms with Gasteiger partial charge in [-0.1, -0.05) is 56.6 Å². The van der Waals surface area contributed by atoms with Gasteiger partial charge in [-0.3, -0.25) is 19.3 Å². The number of esters is 1. The number of ether oxygens (including phenoxy) is 1. The summed E-state index contributed by atoms with van der Waals surface area (Å²) in [6.07, 6.45) is 9.60. The molecule has 4 rings (SSSR count). The highest BCUT2D eigenvalue weighted by molar-refractivity contribution is 8.26. The van der Waals surface area contributed by atoms with Crippen molar-refractivity contribution in [3.05, 3.63) is 31.9 Å². The number of carbonyl (C=O) groups excluding carboxylic acids is 2. The van der Waals surface area contributed by atoms with Crippen molar-refractivity contribution in [1.29, 1.82) is 5.26 Å². The second-order valence-electron chi connectivity index (χ2n) is 9.79. The zero-order valence-corrected chi connectivity index (χ0v) is 23.1. The Morgan fingerprint density at radius 3 is 2.51 bits per heavy atom. The first kappa shape index (κ1) is 27.4. The van der Waals surface area contributed by atoms with E-state index in [1.165, 1.54) is 18.2 Å². The van der Waals surface area contributed by atoms with E-state index in [9.17, 15) is 19.6 Å². The first-order valence-corrected chi connectivity index (χ1v) is 14.5. The van der Waals surface area contributed by atoms with Gasteiger partial charge < -0.3 is 14.6 Å². The number of aromatic amines is 1. The minimum Gasteiger partial charge on any atom is -0.466 e. The third-order valence-electron chi connectivity index (χ3n) is 7.42. The molecule has 10 heteroatoms. The van der Waals surface area contributed by atoms with Crippen LogP contribution in [0.3, 0.4) is 0 Å². The van der Waals surface area contributed by atoms with Gasteiger partial charge in [0.15, 0.2) is 0 Å². The molecule has 1 N–H and O–H groups in total. The summed E-state index contributed by atoms with van der Waals surface area (Å²) in [6.45, 7) is 5.26. The van der Waals surface area contributed by atoms with Gasteiger partial charge in [-0.05, 0) is 50.7 Å². The number of thioether (sulfide) groups is 1. The summed E-state index contributed by atoms with van der Waals surface area (Å²) in [6, 6.07) is 2.21. The van der Waals surface area contributed by atoms with Gasteiger partial charge in [0.25, 0.3) is 11.5 Å². The summed E-state index contributed by atoms with van der Waals surface area (Å²) < 4.78 is 5.77. The van der Waals surface area contributed by atoms with Gasteiger partial charge in [0.05, 0.1) is 17.4 Å². The molecule has 0 bridgehead atoms. The lowest BCUT2D eigenvalue weighted by Crippen LogP contribution is -2.39. The van der Waals surface area contributed by atoms with Gasteiger partial charge in [-0.25, -0.2) is 0 Å². The number of amides is 1. The number of anilines is 1. The first-order valence-electron chi connectivity index (χ1n) is 13.3. The predicted molar refractivity (Wildman–Crippen MR) is 149 cm³/mol. The highest BCUT2D eigenvalue weighted by Gasteiger charge is 2.38. The first-order chi connectivity index (χ1) is 17.9. The van der Waals surface area contributed by atoms with Crippen LogP contribution in [0.1, 0.15) is 81.9 Å². The van der Waals surface area contributed by atoms with Crippen LogP contribution in [0.15, 0.2) is 9.70 Å². The van der Waals surface area contributed by atoms with E-state index in [1.807, 2.05) is 17.9 Å². The normalized spacial score (nSPS) is 20.5. The van der Waals surface area contributed by atoms with Crippen molar-refractivity contribution in [3.63, 3.8) is 0 Å². The number of nitrogens with zero attached hydrogens (tertiary/aromatic N) is 3. The van der Waals surface area contributed by atoms with Crippen molar-refractivity contribution in [2.75, 3.05) is 24.6 Å². The monoisotopic (exact) mass is 542 g/mol. The summed E-state index contributed by atoms with van der Waals surface area (Å²) in [4.78, 5) is 46.0. The largest absolute Gasteiger partial charge is 0.466 e. The molecule has 2 saturated heterocycles. The van der Waals surface area contributed by atoms with Gasteiger partial charge in [-0.15, -0.1) is 0 Å². The molecule has 2 aliphatic heterocycles. The van der Waals surface area contributed by atoms with Crippen molar-refractivity contribution < 1.29 is 14.3 Å². The topological polar surface area (TPSA) is 106 Å². The van der Waals surface area contributed by atoms with Crippen molar-refractivity contribution in [3.8, 4) is 6.07 Å². The molecule has 1 aliphatic carbocycles. The lowest BCUT2D eigenvalue weighted by atomic mass is 9.94. The number of nitriles is 1. The number of nitrogens with one attached hydrogen (secondary N) is 1. The highest BCUT2D eigenvalue weighted by atomic mass is 32.2. The molecule has 0 unspecified atom stereocenters. The molecule has 1 aromatic rings. The molecule has 8 nitrogen and oxygen atoms in total. The summed E-state index contributed by atoms with van der Waals surface area (Å²) in [5.74, 6) is 0.138. The van der Waals surface area contributed by atoms with Crippen LogP contribution in [0.2, 0.25) is 0 Å². The Hall–Kier alpha value is -2.64. The zero-order chi connectivity index (χ0) is 26.5. The van der Waals surface area contributed by atoms with Crippen molar-refractivity contribution in [1.82, 2.24) is 9.88 Å². The Bertz CT molecular complexity index is 1190. The number of carbonyl (C=O) groups is 2. The Kier molecular flexibility index (Phi) is 9.08. The third kappa shape index (κ3) is 5.78. The van der Waals surface area contributed by atoms with Crippen LogP contribution < -0.4 is 10.5 Å². The number of piperidine rings is 1. The SMILES string of the molecule is CCCc1c(C=C2SC(=S)N(C3CCCCC3)C2=O)c(N2CCC(C(=O)OCC)CC2)[nH]c(=O)c1C#N. The predicted octanol–water partition coefficient (Wildman–Crippen LogP) is 4.51. The third-order valence-corrected chi connectivity index (χ3v) is 8.75. The van der Waals surface area contributed by atoms with E-state index in [0.29, 0.717) is 65.1 Å². The molecule has 3 fully saturated rings. The van der Waals surface area contributed by atoms with Crippen molar-refractivity contribution in [2.45, 2.75) is 77.7 Å². The second kappa shape index (κ2) is 12.3. The minimum atomic E-state index is -0.430. The van der Waals surface area contributed by atoms with Gasteiger partial charge in [0, 0.05) is 24.7 Å². The second-order valence-corrected chi connectivity index (χ2v) is 11.5. The highest BCUT2D eigenvalue weighted by Crippen LogP contribution is 2.39. The smallest absolute Gasteiger partial charge is 0.309 e. The molecule has 0 aromatic carbocycles. The van der Waals surface area contributed by atoms with Gasteiger partial charge >= 0.3 is 5.97 Å². The molecule has 0 atom stereocenters. The fourth-order valence-corrected chi connectivity index (χ4v) is 6.93. The van der Waals surface area contributed by atoms with E-state index in [4.69, 9.17) is 17.0 Å². The molecule has 3 heterocycles. The number of pyridine rings is 1. The van der Waals surface area contributed by atoms with Crippen LogP contribution in [0.5, 0.6) is 0 Å². The molecule has 1 amide bonds. The molecule has 1 aromatic heterocycles. The average molecular weight is 543 g/mol. The van der Waals surface area contributed by atoms with E-state index in [1.54, 1.807) is 11.8 Å². The van der Waals surface area contributed by atoms with Gasteiger partial charge in [0.1, 0.15) is 21.8 Å². The zero-order valence-electron chi connectivity index (χ0n) is 21.5. The maximum absolute atomic E-state index is 13.5. The number of H-pyrrole nitrogens is 1. The fourth-order valence-electron chi connectivity index (χ4n) is 5.55. The van der Waals surface area contributed by atoms with Crippen LogP contribution in [-0.4, -0.2) is 51.8 Å². The number of rotatable bonds is 7. The number of hydrogen-bond acceptors (Lipinski definition) is 8. The van der Waals surface area contributed by atoms with Crippen LogP contribution >= 0.6 is 24.0 Å². The van der Waals surface area contributed by atoms with Crippen LogP contribution in [0.4, 0.5) is 5.82 Å². The van der Waals surface area contributed by atoms with E-state index >= 15 is 0 Å². The number of thiocarbonyl (C=S) groups is 1. The van der Waals surface area contributed by atoms with Gasteiger partial charge in [-0.2, -0.15) is 5.26 Å². The number of hydrogen-bond donors (Lipinski definition) is 1. The average Bonchev–Trinajstić information content (AvgIpc) is 3.18.